The van der Waals surface area contributed by atoms with Crippen LogP contribution in [0, 0.1) is 0 Å². The maximum Gasteiger partial charge on any atom is 0.333 e. The number of hydrogen-bond acceptors (Lipinski definition) is 4. The number of hydrogen-bond donors (Lipinski definition) is 0. The smallest absolute Gasteiger partial charge is 0.333 e. The van der Waals surface area contributed by atoms with Gasteiger partial charge in [0.15, 0.2) is 0 Å². The predicted octanol–water partition coefficient (Wildman–Crippen LogP) is 2.26. The van der Waals surface area contributed by atoms with Gasteiger partial charge in [-0.25, -0.2) is 4.79 Å². The molecular formula is C8H12O2S2. The lowest BCUT2D eigenvalue weighted by molar-refractivity contribution is -0.143. The van der Waals surface area contributed by atoms with Crippen molar-refractivity contribution in [3.63, 3.8) is 0 Å². The van der Waals surface area contributed by atoms with Crippen molar-refractivity contribution in [2.45, 2.75) is 19.4 Å². The topological polar surface area (TPSA) is 26.3 Å². The minimum absolute atomic E-state index is 0.0976. The first-order valence-corrected chi connectivity index (χ1v) is 6.30. The molecule has 1 heterocycles. The summed E-state index contributed by atoms with van der Waals surface area (Å²) in [7, 11) is 3.60. The average molecular weight is 204 g/mol. The van der Waals surface area contributed by atoms with Crippen molar-refractivity contribution >= 4 is 27.6 Å². The van der Waals surface area contributed by atoms with Crippen LogP contribution in [0.4, 0.5) is 0 Å². The van der Waals surface area contributed by atoms with Gasteiger partial charge in [-0.2, -0.15) is 0 Å². The van der Waals surface area contributed by atoms with Crippen molar-refractivity contribution < 1.29 is 9.53 Å². The van der Waals surface area contributed by atoms with Crippen molar-refractivity contribution in [3.8, 4) is 0 Å². The van der Waals surface area contributed by atoms with E-state index in [-0.39, 0.29) is 12.1 Å². The van der Waals surface area contributed by atoms with E-state index in [4.69, 9.17) is 4.74 Å². The largest absolute Gasteiger partial charge is 0.458 e. The molecule has 2 nitrogen and oxygen atoms in total. The summed E-state index contributed by atoms with van der Waals surface area (Å²) in [6, 6.07) is 0. The van der Waals surface area contributed by atoms with E-state index in [0.29, 0.717) is 5.57 Å². The van der Waals surface area contributed by atoms with E-state index in [0.717, 1.165) is 17.9 Å². The Bertz CT molecular complexity index is 185. The molecule has 1 fully saturated rings. The molecule has 0 radical (unpaired) electrons. The lowest BCUT2D eigenvalue weighted by atomic mass is 10.3. The maximum absolute atomic E-state index is 11.1. The summed E-state index contributed by atoms with van der Waals surface area (Å²) < 4.78 is 5.18. The lowest BCUT2D eigenvalue weighted by Gasteiger charge is -2.20. The molecule has 1 aliphatic heterocycles. The molecule has 0 aromatic heterocycles. The van der Waals surface area contributed by atoms with Gasteiger partial charge in [-0.05, 0) is 13.3 Å². The first kappa shape index (κ1) is 9.99. The third-order valence-electron chi connectivity index (χ3n) is 1.48. The number of carbonyl (C=O) groups excluding carboxylic acids is 1. The molecule has 0 spiro atoms. The minimum Gasteiger partial charge on any atom is -0.458 e. The van der Waals surface area contributed by atoms with Gasteiger partial charge in [0.1, 0.15) is 6.10 Å². The van der Waals surface area contributed by atoms with Crippen molar-refractivity contribution in [2.75, 3.05) is 11.5 Å². The SMILES string of the molecule is C=C(C)C(=O)OC1CCSSC1. The second-order valence-corrected chi connectivity index (χ2v) is 5.33. The quantitative estimate of drug-likeness (QED) is 0.391. The van der Waals surface area contributed by atoms with E-state index < -0.39 is 0 Å². The Morgan fingerprint density at radius 3 is 2.83 bits per heavy atom. The lowest BCUT2D eigenvalue weighted by Crippen LogP contribution is -2.23. The molecule has 0 aliphatic carbocycles. The molecule has 1 aliphatic rings. The minimum atomic E-state index is -0.257. The molecule has 1 saturated heterocycles. The molecule has 12 heavy (non-hydrogen) atoms. The Labute approximate surface area is 80.5 Å². The Morgan fingerprint density at radius 1 is 1.58 bits per heavy atom. The van der Waals surface area contributed by atoms with E-state index in [2.05, 4.69) is 6.58 Å². The van der Waals surface area contributed by atoms with Gasteiger partial charge >= 0.3 is 5.97 Å². The first-order valence-electron chi connectivity index (χ1n) is 3.81. The summed E-state index contributed by atoms with van der Waals surface area (Å²) in [5.74, 6) is 1.72. The maximum atomic E-state index is 11.1. The van der Waals surface area contributed by atoms with Crippen LogP contribution in [-0.4, -0.2) is 23.6 Å². The molecule has 0 N–H and O–H groups in total. The zero-order valence-corrected chi connectivity index (χ0v) is 8.67. The molecule has 68 valence electrons. The number of carbonyl (C=O) groups is 1. The fraction of sp³-hybridized carbons (Fsp3) is 0.625. The highest BCUT2D eigenvalue weighted by atomic mass is 33.1. The van der Waals surface area contributed by atoms with Gasteiger partial charge in [-0.1, -0.05) is 28.2 Å². The van der Waals surface area contributed by atoms with Crippen LogP contribution in [0.1, 0.15) is 13.3 Å². The average Bonchev–Trinajstić information content (AvgIpc) is 2.06. The normalized spacial score (nSPS) is 23.2. The van der Waals surface area contributed by atoms with Crippen LogP contribution in [0.5, 0.6) is 0 Å². The van der Waals surface area contributed by atoms with Gasteiger partial charge in [0, 0.05) is 17.1 Å². The van der Waals surface area contributed by atoms with E-state index in [1.165, 1.54) is 0 Å². The van der Waals surface area contributed by atoms with Crippen LogP contribution in [0.2, 0.25) is 0 Å². The van der Waals surface area contributed by atoms with Gasteiger partial charge in [0.25, 0.3) is 0 Å². The van der Waals surface area contributed by atoms with Crippen molar-refractivity contribution in [1.82, 2.24) is 0 Å². The van der Waals surface area contributed by atoms with E-state index >= 15 is 0 Å². The summed E-state index contributed by atoms with van der Waals surface area (Å²) in [5.41, 5.74) is 0.484. The number of rotatable bonds is 2. The molecule has 0 aromatic rings. The van der Waals surface area contributed by atoms with Crippen LogP contribution in [0.15, 0.2) is 12.2 Å². The van der Waals surface area contributed by atoms with Crippen LogP contribution in [0.25, 0.3) is 0 Å². The molecule has 4 heteroatoms. The Morgan fingerprint density at radius 2 is 2.33 bits per heavy atom. The standard InChI is InChI=1S/C8H12O2S2/c1-6(2)8(9)10-7-3-4-11-12-5-7/h7H,1,3-5H2,2H3. The molecule has 0 bridgehead atoms. The highest BCUT2D eigenvalue weighted by Gasteiger charge is 2.18. The number of ether oxygens (including phenoxy) is 1. The summed E-state index contributed by atoms with van der Waals surface area (Å²) in [6.07, 6.45) is 1.07. The van der Waals surface area contributed by atoms with Crippen molar-refractivity contribution in [1.29, 1.82) is 0 Å². The van der Waals surface area contributed by atoms with E-state index in [1.54, 1.807) is 17.7 Å². The van der Waals surface area contributed by atoms with Crippen LogP contribution >= 0.6 is 21.6 Å². The van der Waals surface area contributed by atoms with Crippen LogP contribution < -0.4 is 0 Å². The fourth-order valence-electron chi connectivity index (χ4n) is 0.791. The number of esters is 1. The van der Waals surface area contributed by atoms with Gasteiger partial charge in [-0.15, -0.1) is 0 Å². The highest BCUT2D eigenvalue weighted by Crippen LogP contribution is 2.30. The first-order chi connectivity index (χ1) is 5.70. The molecule has 1 atom stereocenters. The second kappa shape index (κ2) is 4.82. The molecule has 0 aromatic carbocycles. The van der Waals surface area contributed by atoms with Crippen molar-refractivity contribution in [2.24, 2.45) is 0 Å². The molecule has 1 unspecified atom stereocenters. The fourth-order valence-corrected chi connectivity index (χ4v) is 3.14. The third kappa shape index (κ3) is 3.11. The van der Waals surface area contributed by atoms with Crippen LogP contribution in [-0.2, 0) is 9.53 Å². The zero-order chi connectivity index (χ0) is 8.97. The van der Waals surface area contributed by atoms with E-state index in [9.17, 15) is 4.79 Å². The predicted molar refractivity (Wildman–Crippen MR) is 54.2 cm³/mol. The summed E-state index contributed by atoms with van der Waals surface area (Å²) in [4.78, 5) is 11.1. The zero-order valence-electron chi connectivity index (χ0n) is 7.04. The Kier molecular flexibility index (Phi) is 4.01. The van der Waals surface area contributed by atoms with Gasteiger partial charge in [-0.3, -0.25) is 0 Å². The van der Waals surface area contributed by atoms with Gasteiger partial charge in [0.05, 0.1) is 0 Å². The summed E-state index contributed by atoms with van der Waals surface area (Å²) >= 11 is 0. The Balaban J connectivity index is 2.29. The Hall–Kier alpha value is -0.0900. The highest BCUT2D eigenvalue weighted by molar-refractivity contribution is 8.76. The third-order valence-corrected chi connectivity index (χ3v) is 3.97. The van der Waals surface area contributed by atoms with E-state index in [1.807, 2.05) is 10.8 Å². The molecule has 0 amide bonds. The van der Waals surface area contributed by atoms with Crippen molar-refractivity contribution in [3.05, 3.63) is 12.2 Å². The molecule has 1 rings (SSSR count). The summed E-state index contributed by atoms with van der Waals surface area (Å²) in [6.45, 7) is 5.21. The second-order valence-electron chi connectivity index (χ2n) is 2.70. The van der Waals surface area contributed by atoms with Gasteiger partial charge in [0.2, 0.25) is 0 Å². The van der Waals surface area contributed by atoms with Gasteiger partial charge < -0.3 is 4.74 Å². The molecule has 0 saturated carbocycles. The summed E-state index contributed by atoms with van der Waals surface area (Å²) in [5, 5.41) is 0. The molecular weight excluding hydrogens is 192 g/mol. The van der Waals surface area contributed by atoms with Crippen LogP contribution in [0.3, 0.4) is 0 Å². The monoisotopic (exact) mass is 204 g/mol.